The third kappa shape index (κ3) is 6.38. The van der Waals surface area contributed by atoms with Crippen LogP contribution in [0.5, 0.6) is 0 Å². The first-order valence-electron chi connectivity index (χ1n) is 13.8. The summed E-state index contributed by atoms with van der Waals surface area (Å²) in [6, 6.07) is 21.9. The average molecular weight is 506 g/mol. The van der Waals surface area contributed by atoms with Gasteiger partial charge in [0.15, 0.2) is 0 Å². The molecule has 0 bridgehead atoms. The number of allylic oxidation sites excluding steroid dienone is 1. The normalized spacial score (nSPS) is 19.1. The largest absolute Gasteiger partial charge is 0.407 e. The summed E-state index contributed by atoms with van der Waals surface area (Å²) in [4.78, 5) is 12.0. The number of hydrogen-bond acceptors (Lipinski definition) is 2. The molecule has 36 heavy (non-hydrogen) atoms. The van der Waals surface area contributed by atoms with E-state index < -0.39 is 8.32 Å². The second-order valence-corrected chi connectivity index (χ2v) is 16.1. The van der Waals surface area contributed by atoms with Gasteiger partial charge < -0.3 is 9.74 Å². The van der Waals surface area contributed by atoms with Gasteiger partial charge in [-0.1, -0.05) is 107 Å². The zero-order valence-electron chi connectivity index (χ0n) is 23.3. The number of amides is 1. The molecule has 1 amide bonds. The molecule has 4 atom stereocenters. The molecule has 0 heterocycles. The second-order valence-electron chi connectivity index (χ2n) is 11.8. The Balaban J connectivity index is 2.07. The molecule has 0 aromatic heterocycles. The zero-order chi connectivity index (χ0) is 26.3. The summed E-state index contributed by atoms with van der Waals surface area (Å²) in [5, 5.41) is 5.81. The van der Waals surface area contributed by atoms with Crippen LogP contribution in [0.3, 0.4) is 0 Å². The number of carbonyl (C=O) groups excluding carboxylic acids is 1. The lowest BCUT2D eigenvalue weighted by Crippen LogP contribution is -2.67. The highest BCUT2D eigenvalue weighted by atomic mass is 28.4. The van der Waals surface area contributed by atoms with Crippen LogP contribution in [0.4, 0.5) is 0 Å². The van der Waals surface area contributed by atoms with Crippen molar-refractivity contribution in [2.75, 3.05) is 6.61 Å². The maximum absolute atomic E-state index is 12.0. The number of hydrogen-bond donors (Lipinski definition) is 1. The highest BCUT2D eigenvalue weighted by Crippen LogP contribution is 2.43. The van der Waals surface area contributed by atoms with Gasteiger partial charge in [-0.15, -0.1) is 0 Å². The van der Waals surface area contributed by atoms with E-state index in [1.165, 1.54) is 22.4 Å². The molecule has 0 spiro atoms. The molecule has 196 valence electrons. The highest BCUT2D eigenvalue weighted by molar-refractivity contribution is 6.99. The van der Waals surface area contributed by atoms with E-state index in [4.69, 9.17) is 4.43 Å². The fraction of sp³-hybridized carbons (Fsp3) is 0.531. The summed E-state index contributed by atoms with van der Waals surface area (Å²) in [6.07, 6.45) is 5.52. The minimum Gasteiger partial charge on any atom is -0.407 e. The Hall–Kier alpha value is -2.17. The predicted octanol–water partition coefficient (Wildman–Crippen LogP) is 6.48. The molecule has 4 heteroatoms. The van der Waals surface area contributed by atoms with E-state index in [0.717, 1.165) is 25.7 Å². The standard InChI is InChI=1S/C32H47NO2Si/c1-8-15-30(25(3)33-26(4)34)31(27-21-20-24(2)22-27)23-35-36(32(5,6)7,28-16-11-9-12-17-28)29-18-13-10-14-19-29/h9-14,16-19,25,27,30-31H,2,8,15,20-23H2,1,3-7H3,(H,33,34)/t25?,27?,30-,31-/m1/s1. The fourth-order valence-corrected chi connectivity index (χ4v) is 11.1. The smallest absolute Gasteiger partial charge is 0.261 e. The molecule has 2 unspecified atom stereocenters. The lowest BCUT2D eigenvalue weighted by molar-refractivity contribution is -0.120. The van der Waals surface area contributed by atoms with Gasteiger partial charge in [-0.2, -0.15) is 0 Å². The molecule has 1 aliphatic carbocycles. The molecule has 0 aliphatic heterocycles. The average Bonchev–Trinajstić information content (AvgIpc) is 3.26. The molecule has 1 aliphatic rings. The second kappa shape index (κ2) is 12.4. The van der Waals surface area contributed by atoms with E-state index in [9.17, 15) is 4.79 Å². The number of rotatable bonds is 11. The van der Waals surface area contributed by atoms with Crippen LogP contribution >= 0.6 is 0 Å². The minimum atomic E-state index is -2.63. The first-order valence-corrected chi connectivity index (χ1v) is 15.7. The van der Waals surface area contributed by atoms with Gasteiger partial charge in [0.05, 0.1) is 0 Å². The van der Waals surface area contributed by atoms with E-state index >= 15 is 0 Å². The lowest BCUT2D eigenvalue weighted by atomic mass is 9.75. The molecule has 1 N–H and O–H groups in total. The van der Waals surface area contributed by atoms with Crippen molar-refractivity contribution in [3.05, 3.63) is 72.8 Å². The van der Waals surface area contributed by atoms with Gasteiger partial charge in [-0.3, -0.25) is 4.79 Å². The number of nitrogens with one attached hydrogen (secondary N) is 1. The Bertz CT molecular complexity index is 943. The van der Waals surface area contributed by atoms with E-state index in [1.807, 2.05) is 0 Å². The molecule has 2 aromatic carbocycles. The van der Waals surface area contributed by atoms with Crippen LogP contribution in [0, 0.1) is 17.8 Å². The molecule has 0 saturated heterocycles. The Morgan fingerprint density at radius 1 is 1.08 bits per heavy atom. The van der Waals surface area contributed by atoms with Crippen LogP contribution in [0.15, 0.2) is 72.8 Å². The van der Waals surface area contributed by atoms with Crippen molar-refractivity contribution in [1.29, 1.82) is 0 Å². The Morgan fingerprint density at radius 3 is 2.06 bits per heavy atom. The van der Waals surface area contributed by atoms with Crippen molar-refractivity contribution >= 4 is 24.6 Å². The summed E-state index contributed by atoms with van der Waals surface area (Å²) in [6.45, 7) is 18.1. The first kappa shape index (κ1) is 28.4. The molecule has 3 rings (SSSR count). The first-order chi connectivity index (χ1) is 17.1. The summed E-state index contributed by atoms with van der Waals surface area (Å²) >= 11 is 0. The fourth-order valence-electron chi connectivity index (χ4n) is 6.52. The molecule has 0 radical (unpaired) electrons. The van der Waals surface area contributed by atoms with Crippen molar-refractivity contribution in [3.8, 4) is 0 Å². The van der Waals surface area contributed by atoms with Gasteiger partial charge >= 0.3 is 0 Å². The highest BCUT2D eigenvalue weighted by Gasteiger charge is 2.51. The van der Waals surface area contributed by atoms with E-state index in [-0.39, 0.29) is 17.0 Å². The Kier molecular flexibility index (Phi) is 9.77. The minimum absolute atomic E-state index is 0.0473. The predicted molar refractivity (Wildman–Crippen MR) is 155 cm³/mol. The molecule has 3 nitrogen and oxygen atoms in total. The topological polar surface area (TPSA) is 38.3 Å². The number of benzene rings is 2. The maximum Gasteiger partial charge on any atom is 0.261 e. The number of carbonyl (C=O) groups is 1. The Labute approximate surface area is 220 Å². The van der Waals surface area contributed by atoms with E-state index in [1.54, 1.807) is 6.92 Å². The van der Waals surface area contributed by atoms with Crippen LogP contribution in [-0.4, -0.2) is 26.9 Å². The quantitative estimate of drug-likeness (QED) is 0.280. The van der Waals surface area contributed by atoms with Crippen molar-refractivity contribution < 1.29 is 9.22 Å². The zero-order valence-corrected chi connectivity index (χ0v) is 24.3. The molecular weight excluding hydrogens is 458 g/mol. The summed E-state index contributed by atoms with van der Waals surface area (Å²) < 4.78 is 7.46. The van der Waals surface area contributed by atoms with Gasteiger partial charge in [0, 0.05) is 19.6 Å². The van der Waals surface area contributed by atoms with Crippen molar-refractivity contribution in [1.82, 2.24) is 5.32 Å². The summed E-state index contributed by atoms with van der Waals surface area (Å²) in [5.74, 6) is 1.33. The third-order valence-corrected chi connectivity index (χ3v) is 13.2. The van der Waals surface area contributed by atoms with E-state index in [2.05, 4.69) is 107 Å². The molecular formula is C32H47NO2Si. The molecule has 1 fully saturated rings. The lowest BCUT2D eigenvalue weighted by Gasteiger charge is -2.45. The van der Waals surface area contributed by atoms with Gasteiger partial charge in [-0.05, 0) is 65.8 Å². The van der Waals surface area contributed by atoms with Crippen LogP contribution in [0.25, 0.3) is 0 Å². The Morgan fingerprint density at radius 2 is 1.64 bits per heavy atom. The SMILES string of the molecule is C=C1CCC([C@@H](CO[Si](c2ccccc2)(c2ccccc2)C(C)(C)C)[C@H](CCC)C(C)NC(C)=O)C1. The monoisotopic (exact) mass is 505 g/mol. The molecule has 1 saturated carbocycles. The van der Waals surface area contributed by atoms with Crippen LogP contribution < -0.4 is 15.7 Å². The maximum atomic E-state index is 12.0. The van der Waals surface area contributed by atoms with Crippen molar-refractivity contribution in [3.63, 3.8) is 0 Å². The van der Waals surface area contributed by atoms with E-state index in [0.29, 0.717) is 24.4 Å². The molecule has 2 aromatic rings. The summed E-state index contributed by atoms with van der Waals surface area (Å²) in [5.41, 5.74) is 1.36. The third-order valence-electron chi connectivity index (χ3n) is 8.18. The van der Waals surface area contributed by atoms with Crippen LogP contribution in [-0.2, 0) is 9.22 Å². The van der Waals surface area contributed by atoms with Gasteiger partial charge in [0.1, 0.15) is 0 Å². The van der Waals surface area contributed by atoms with Crippen molar-refractivity contribution in [2.45, 2.75) is 84.7 Å². The van der Waals surface area contributed by atoms with Crippen molar-refractivity contribution in [2.24, 2.45) is 17.8 Å². The van der Waals surface area contributed by atoms with Gasteiger partial charge in [0.2, 0.25) is 5.91 Å². The van der Waals surface area contributed by atoms with Crippen LogP contribution in [0.1, 0.15) is 73.6 Å². The van der Waals surface area contributed by atoms with Gasteiger partial charge in [-0.25, -0.2) is 0 Å². The summed E-state index contributed by atoms with van der Waals surface area (Å²) in [7, 11) is -2.63. The van der Waals surface area contributed by atoms with Crippen LogP contribution in [0.2, 0.25) is 5.04 Å². The van der Waals surface area contributed by atoms with Gasteiger partial charge in [0.25, 0.3) is 8.32 Å².